The zero-order valence-corrected chi connectivity index (χ0v) is 11.6. The summed E-state index contributed by atoms with van der Waals surface area (Å²) in [6, 6.07) is 14.4. The van der Waals surface area contributed by atoms with Crippen LogP contribution in [0.5, 0.6) is 0 Å². The zero-order valence-electron chi connectivity index (χ0n) is 11.6. The monoisotopic (exact) mass is 267 g/mol. The molecule has 0 radical (unpaired) electrons. The molecule has 1 unspecified atom stereocenters. The van der Waals surface area contributed by atoms with Crippen LogP contribution >= 0.6 is 0 Å². The van der Waals surface area contributed by atoms with Crippen LogP contribution in [0.25, 0.3) is 0 Å². The van der Waals surface area contributed by atoms with Crippen molar-refractivity contribution < 1.29 is 0 Å². The summed E-state index contributed by atoms with van der Waals surface area (Å²) in [7, 11) is 0. The van der Waals surface area contributed by atoms with Crippen LogP contribution in [-0.2, 0) is 5.41 Å². The van der Waals surface area contributed by atoms with Crippen molar-refractivity contribution >= 4 is 5.82 Å². The van der Waals surface area contributed by atoms with Crippen molar-refractivity contribution in [2.45, 2.75) is 37.1 Å². The fourth-order valence-corrected chi connectivity index (χ4v) is 3.55. The molecule has 1 aromatic carbocycles. The van der Waals surface area contributed by atoms with Gasteiger partial charge in [-0.1, -0.05) is 49.2 Å². The summed E-state index contributed by atoms with van der Waals surface area (Å²) in [4.78, 5) is 4.19. The number of hydrogen-bond donors (Lipinski definition) is 2. The highest BCUT2D eigenvalue weighted by atomic mass is 14.8. The van der Waals surface area contributed by atoms with Crippen molar-refractivity contribution in [2.75, 3.05) is 5.73 Å². The Morgan fingerprint density at radius 1 is 1.00 bits per heavy atom. The zero-order chi connectivity index (χ0) is 14.0. The molecule has 1 atom stereocenters. The van der Waals surface area contributed by atoms with Crippen molar-refractivity contribution in [1.29, 1.82) is 0 Å². The molecule has 3 rings (SSSR count). The number of pyridine rings is 1. The molecule has 1 aliphatic carbocycles. The van der Waals surface area contributed by atoms with Gasteiger partial charge in [0.15, 0.2) is 0 Å². The second-order valence-corrected chi connectivity index (χ2v) is 5.68. The first-order chi connectivity index (χ1) is 9.74. The number of nitrogens with zero attached hydrogens (tertiary/aromatic N) is 1. The van der Waals surface area contributed by atoms with E-state index in [2.05, 4.69) is 35.3 Å². The van der Waals surface area contributed by atoms with Crippen LogP contribution in [0.15, 0.2) is 48.7 Å². The lowest BCUT2D eigenvalue weighted by Crippen LogP contribution is -2.37. The summed E-state index contributed by atoms with van der Waals surface area (Å²) in [6.45, 7) is 0. The van der Waals surface area contributed by atoms with E-state index in [0.717, 1.165) is 18.4 Å². The van der Waals surface area contributed by atoms with Crippen molar-refractivity contribution in [2.24, 2.45) is 5.73 Å². The number of anilines is 1. The SMILES string of the molecule is Nc1ncccc1C(N)C1(c2ccccc2)CCCC1. The second-order valence-electron chi connectivity index (χ2n) is 5.68. The van der Waals surface area contributed by atoms with Gasteiger partial charge in [-0.2, -0.15) is 0 Å². The van der Waals surface area contributed by atoms with Crippen molar-refractivity contribution in [3.8, 4) is 0 Å². The molecular formula is C17H21N3. The molecule has 104 valence electrons. The predicted octanol–water partition coefficient (Wildman–Crippen LogP) is 3.18. The molecular weight excluding hydrogens is 246 g/mol. The van der Waals surface area contributed by atoms with Gasteiger partial charge in [0.1, 0.15) is 5.82 Å². The van der Waals surface area contributed by atoms with Gasteiger partial charge in [0.2, 0.25) is 0 Å². The number of nitrogens with two attached hydrogens (primary N) is 2. The summed E-state index contributed by atoms with van der Waals surface area (Å²) in [5, 5.41) is 0. The van der Waals surface area contributed by atoms with Gasteiger partial charge in [-0.05, 0) is 24.5 Å². The largest absolute Gasteiger partial charge is 0.383 e. The van der Waals surface area contributed by atoms with Crippen LogP contribution in [0.3, 0.4) is 0 Å². The minimum atomic E-state index is -0.0962. The van der Waals surface area contributed by atoms with Crippen molar-refractivity contribution in [1.82, 2.24) is 4.98 Å². The highest BCUT2D eigenvalue weighted by Gasteiger charge is 2.42. The average Bonchev–Trinajstić information content (AvgIpc) is 2.99. The third kappa shape index (κ3) is 2.08. The maximum Gasteiger partial charge on any atom is 0.128 e. The Morgan fingerprint density at radius 3 is 2.35 bits per heavy atom. The van der Waals surface area contributed by atoms with Crippen molar-refractivity contribution in [3.05, 3.63) is 59.8 Å². The van der Waals surface area contributed by atoms with E-state index in [-0.39, 0.29) is 11.5 Å². The molecule has 1 saturated carbocycles. The molecule has 3 heteroatoms. The molecule has 0 bridgehead atoms. The Hall–Kier alpha value is -1.87. The van der Waals surface area contributed by atoms with Gasteiger partial charge in [-0.15, -0.1) is 0 Å². The molecule has 2 aromatic rings. The van der Waals surface area contributed by atoms with Crippen LogP contribution in [0, 0.1) is 0 Å². The first-order valence-corrected chi connectivity index (χ1v) is 7.25. The summed E-state index contributed by atoms with van der Waals surface area (Å²) in [5.74, 6) is 0.558. The van der Waals surface area contributed by atoms with Gasteiger partial charge in [0.25, 0.3) is 0 Å². The van der Waals surface area contributed by atoms with Crippen LogP contribution in [0.2, 0.25) is 0 Å². The van der Waals surface area contributed by atoms with Crippen LogP contribution in [0.4, 0.5) is 5.82 Å². The van der Waals surface area contributed by atoms with Crippen molar-refractivity contribution in [3.63, 3.8) is 0 Å². The lowest BCUT2D eigenvalue weighted by molar-refractivity contribution is 0.357. The second kappa shape index (κ2) is 5.25. The Bertz CT molecular complexity index is 574. The molecule has 0 spiro atoms. The molecule has 1 aromatic heterocycles. The van der Waals surface area contributed by atoms with E-state index in [4.69, 9.17) is 11.5 Å². The normalized spacial score (nSPS) is 18.9. The molecule has 0 aliphatic heterocycles. The molecule has 1 aliphatic rings. The van der Waals surface area contributed by atoms with E-state index >= 15 is 0 Å². The maximum absolute atomic E-state index is 6.65. The number of aromatic nitrogens is 1. The third-order valence-corrected chi connectivity index (χ3v) is 4.65. The van der Waals surface area contributed by atoms with Crippen LogP contribution < -0.4 is 11.5 Å². The Labute approximate surface area is 120 Å². The Kier molecular flexibility index (Phi) is 3.45. The highest BCUT2D eigenvalue weighted by molar-refractivity contribution is 5.45. The molecule has 0 amide bonds. The highest BCUT2D eigenvalue weighted by Crippen LogP contribution is 2.49. The van der Waals surface area contributed by atoms with E-state index in [1.807, 2.05) is 12.1 Å². The first-order valence-electron chi connectivity index (χ1n) is 7.25. The standard InChI is InChI=1S/C17H21N3/c18-15(14-9-6-12-20-16(14)19)17(10-4-5-11-17)13-7-2-1-3-8-13/h1-3,6-9,12,15H,4-5,10-11,18H2,(H2,19,20). The molecule has 0 saturated heterocycles. The van der Waals surface area contributed by atoms with E-state index in [1.165, 1.54) is 18.4 Å². The van der Waals surface area contributed by atoms with Gasteiger partial charge >= 0.3 is 0 Å². The lowest BCUT2D eigenvalue weighted by Gasteiger charge is -2.36. The first kappa shape index (κ1) is 13.1. The van der Waals surface area contributed by atoms with Crippen LogP contribution in [0.1, 0.15) is 42.9 Å². The quantitative estimate of drug-likeness (QED) is 0.897. The maximum atomic E-state index is 6.65. The minimum absolute atomic E-state index is 0.00157. The average molecular weight is 267 g/mol. The summed E-state index contributed by atoms with van der Waals surface area (Å²) in [5.41, 5.74) is 15.0. The van der Waals surface area contributed by atoms with Gasteiger partial charge in [0, 0.05) is 23.2 Å². The topological polar surface area (TPSA) is 64.9 Å². The summed E-state index contributed by atoms with van der Waals surface area (Å²) >= 11 is 0. The lowest BCUT2D eigenvalue weighted by atomic mass is 9.71. The van der Waals surface area contributed by atoms with Gasteiger partial charge in [-0.25, -0.2) is 4.98 Å². The van der Waals surface area contributed by atoms with E-state index < -0.39 is 0 Å². The number of hydrogen-bond acceptors (Lipinski definition) is 3. The molecule has 4 N–H and O–H groups in total. The van der Waals surface area contributed by atoms with E-state index in [0.29, 0.717) is 5.82 Å². The van der Waals surface area contributed by atoms with E-state index in [9.17, 15) is 0 Å². The fourth-order valence-electron chi connectivity index (χ4n) is 3.55. The molecule has 20 heavy (non-hydrogen) atoms. The number of nitrogen functional groups attached to an aromatic ring is 1. The number of rotatable bonds is 3. The Morgan fingerprint density at radius 2 is 1.70 bits per heavy atom. The van der Waals surface area contributed by atoms with Crippen LogP contribution in [-0.4, -0.2) is 4.98 Å². The smallest absolute Gasteiger partial charge is 0.128 e. The van der Waals surface area contributed by atoms with Gasteiger partial charge in [0.05, 0.1) is 0 Å². The number of benzene rings is 1. The van der Waals surface area contributed by atoms with Gasteiger partial charge < -0.3 is 11.5 Å². The van der Waals surface area contributed by atoms with E-state index in [1.54, 1.807) is 6.20 Å². The molecule has 3 nitrogen and oxygen atoms in total. The minimum Gasteiger partial charge on any atom is -0.383 e. The predicted molar refractivity (Wildman–Crippen MR) is 82.2 cm³/mol. The molecule has 1 fully saturated rings. The summed E-state index contributed by atoms with van der Waals surface area (Å²) in [6.07, 6.45) is 6.40. The summed E-state index contributed by atoms with van der Waals surface area (Å²) < 4.78 is 0. The fraction of sp³-hybridized carbons (Fsp3) is 0.353. The Balaban J connectivity index is 2.06. The van der Waals surface area contributed by atoms with Gasteiger partial charge in [-0.3, -0.25) is 0 Å². The molecule has 1 heterocycles. The third-order valence-electron chi connectivity index (χ3n) is 4.65.